The quantitative estimate of drug-likeness (QED) is 0.156. The Hall–Kier alpha value is -3.37. The van der Waals surface area contributed by atoms with Gasteiger partial charge in [-0.15, -0.1) is 0 Å². The molecular formula is C51H79NO13. The first kappa shape index (κ1) is 54.2. The molecular weight excluding hydrogens is 835 g/mol. The van der Waals surface area contributed by atoms with Gasteiger partial charge in [0, 0.05) is 58.5 Å². The van der Waals surface area contributed by atoms with Crippen molar-refractivity contribution in [2.45, 2.75) is 180 Å². The Morgan fingerprint density at radius 1 is 0.846 bits per heavy atom. The Morgan fingerprint density at radius 2 is 1.57 bits per heavy atom. The summed E-state index contributed by atoms with van der Waals surface area (Å²) in [6.45, 7) is 12.7. The van der Waals surface area contributed by atoms with Gasteiger partial charge in [0.15, 0.2) is 5.78 Å². The number of hydrogen-bond donors (Lipinski definition) is 3. The molecule has 3 fully saturated rings. The molecule has 1 saturated carbocycles. The van der Waals surface area contributed by atoms with E-state index in [0.717, 1.165) is 12.0 Å². The first-order valence-corrected chi connectivity index (χ1v) is 23.9. The molecule has 0 aromatic rings. The summed E-state index contributed by atoms with van der Waals surface area (Å²) in [5, 5.41) is 33.8. The zero-order valence-corrected chi connectivity index (χ0v) is 40.6. The number of esters is 1. The van der Waals surface area contributed by atoms with Crippen molar-refractivity contribution >= 4 is 29.2 Å². The van der Waals surface area contributed by atoms with Crippen LogP contribution in [0.25, 0.3) is 0 Å². The van der Waals surface area contributed by atoms with E-state index in [1.807, 2.05) is 58.1 Å². The number of hydrogen-bond acceptors (Lipinski definition) is 13. The SMILES string of the molecule is CO[C@@H]1C(=O)[C@H](C)C[C@H](C)/C=C/C=C/C=C(/C)[C@H](OC)C[C@H]2CC[C@H](C)[C@@](O)(O2)C(=O)C(=O)N2CCCC[C@@H]2C(=O)O[C@H]([C@H](C)C[C@@H]2CC[C@H](O)[C@H](OC)C2)CC(=O)[C@H](C)/C=C(\C)[C@@H]1O. The van der Waals surface area contributed by atoms with E-state index in [9.17, 15) is 39.3 Å². The number of nitrogens with zero attached hydrogens (tertiary/aromatic N) is 1. The van der Waals surface area contributed by atoms with Gasteiger partial charge in [0.25, 0.3) is 11.7 Å². The van der Waals surface area contributed by atoms with E-state index < -0.39 is 83.9 Å². The van der Waals surface area contributed by atoms with Crippen LogP contribution in [-0.4, -0.2) is 132 Å². The van der Waals surface area contributed by atoms with Crippen molar-refractivity contribution in [2.24, 2.45) is 35.5 Å². The summed E-state index contributed by atoms with van der Waals surface area (Å²) in [4.78, 5) is 71.8. The summed E-state index contributed by atoms with van der Waals surface area (Å²) in [5.41, 5.74) is 1.27. The van der Waals surface area contributed by atoms with Gasteiger partial charge in [-0.25, -0.2) is 4.79 Å². The fourth-order valence-corrected chi connectivity index (χ4v) is 10.1. The maximum Gasteiger partial charge on any atom is 0.329 e. The van der Waals surface area contributed by atoms with Crippen LogP contribution in [0.15, 0.2) is 47.6 Å². The molecule has 1 amide bonds. The van der Waals surface area contributed by atoms with Gasteiger partial charge < -0.3 is 43.9 Å². The monoisotopic (exact) mass is 914 g/mol. The van der Waals surface area contributed by atoms with Gasteiger partial charge >= 0.3 is 5.97 Å². The number of fused-ring (bicyclic) bond motifs is 3. The van der Waals surface area contributed by atoms with Crippen molar-refractivity contribution in [3.8, 4) is 0 Å². The minimum Gasteiger partial charge on any atom is -0.460 e. The number of carbonyl (C=O) groups excluding carboxylic acids is 5. The zero-order chi connectivity index (χ0) is 48.2. The molecule has 0 radical (unpaired) electrons. The van der Waals surface area contributed by atoms with Crippen LogP contribution in [0, 0.1) is 35.5 Å². The molecule has 3 heterocycles. The van der Waals surface area contributed by atoms with Crippen molar-refractivity contribution in [3.63, 3.8) is 0 Å². The van der Waals surface area contributed by atoms with Crippen LogP contribution in [0.3, 0.4) is 0 Å². The highest BCUT2D eigenvalue weighted by molar-refractivity contribution is 6.39. The third-order valence-electron chi connectivity index (χ3n) is 14.5. The number of carbonyl (C=O) groups is 5. The summed E-state index contributed by atoms with van der Waals surface area (Å²) < 4.78 is 29.4. The number of methoxy groups -OCH3 is 3. The van der Waals surface area contributed by atoms with Gasteiger partial charge in [-0.05, 0) is 107 Å². The van der Waals surface area contributed by atoms with E-state index in [-0.39, 0.29) is 54.8 Å². The average Bonchev–Trinajstić information content (AvgIpc) is 3.28. The lowest BCUT2D eigenvalue weighted by atomic mass is 9.78. The third kappa shape index (κ3) is 14.3. The van der Waals surface area contributed by atoms with Gasteiger partial charge in [-0.2, -0.15) is 0 Å². The summed E-state index contributed by atoms with van der Waals surface area (Å²) in [6.07, 6.45) is 11.2. The van der Waals surface area contributed by atoms with Crippen LogP contribution in [0.5, 0.6) is 0 Å². The topological polar surface area (TPSA) is 195 Å². The van der Waals surface area contributed by atoms with Crippen molar-refractivity contribution in [1.29, 1.82) is 0 Å². The number of allylic oxidation sites excluding steroid dienone is 6. The molecule has 15 atom stereocenters. The minimum atomic E-state index is -2.43. The van der Waals surface area contributed by atoms with Crippen LogP contribution < -0.4 is 0 Å². The van der Waals surface area contributed by atoms with Crippen molar-refractivity contribution in [3.05, 3.63) is 47.6 Å². The normalized spacial score (nSPS) is 40.4. The third-order valence-corrected chi connectivity index (χ3v) is 14.5. The maximum absolute atomic E-state index is 14.4. The van der Waals surface area contributed by atoms with Gasteiger partial charge in [-0.3, -0.25) is 19.2 Å². The predicted octanol–water partition coefficient (Wildman–Crippen LogP) is 6.18. The molecule has 4 aliphatic rings. The Balaban J connectivity index is 1.70. The first-order chi connectivity index (χ1) is 30.7. The molecule has 4 rings (SSSR count). The van der Waals surface area contributed by atoms with E-state index in [0.29, 0.717) is 63.4 Å². The number of ketones is 3. The number of amides is 1. The van der Waals surface area contributed by atoms with Crippen LogP contribution >= 0.6 is 0 Å². The van der Waals surface area contributed by atoms with Gasteiger partial charge in [-0.1, -0.05) is 71.1 Å². The van der Waals surface area contributed by atoms with Crippen LogP contribution in [-0.2, 0) is 47.7 Å². The summed E-state index contributed by atoms with van der Waals surface area (Å²) in [5.74, 6) is -7.96. The van der Waals surface area contributed by atoms with Gasteiger partial charge in [0.05, 0.1) is 24.4 Å². The first-order valence-electron chi connectivity index (χ1n) is 23.9. The highest BCUT2D eigenvalue weighted by atomic mass is 16.6. The van der Waals surface area contributed by atoms with E-state index >= 15 is 0 Å². The Kier molecular flexibility index (Phi) is 21.0. The molecule has 14 heteroatoms. The van der Waals surface area contributed by atoms with Crippen LogP contribution in [0.1, 0.15) is 126 Å². The van der Waals surface area contributed by atoms with E-state index in [4.69, 9.17) is 23.7 Å². The Bertz CT molecular complexity index is 1760. The van der Waals surface area contributed by atoms with Crippen molar-refractivity contribution in [1.82, 2.24) is 4.90 Å². The molecule has 2 saturated heterocycles. The molecule has 0 aromatic carbocycles. The van der Waals surface area contributed by atoms with E-state index in [2.05, 4.69) is 0 Å². The molecule has 0 unspecified atom stereocenters. The lowest BCUT2D eigenvalue weighted by molar-refractivity contribution is -0.265. The van der Waals surface area contributed by atoms with Crippen LogP contribution in [0.2, 0.25) is 0 Å². The van der Waals surface area contributed by atoms with Crippen molar-refractivity contribution in [2.75, 3.05) is 27.9 Å². The summed E-state index contributed by atoms with van der Waals surface area (Å²) in [6, 6.07) is -1.14. The molecule has 14 nitrogen and oxygen atoms in total. The maximum atomic E-state index is 14.4. The second kappa shape index (κ2) is 25.1. The lowest BCUT2D eigenvalue weighted by Gasteiger charge is -2.42. The molecule has 65 heavy (non-hydrogen) atoms. The summed E-state index contributed by atoms with van der Waals surface area (Å²) >= 11 is 0. The molecule has 3 aliphatic heterocycles. The minimum absolute atomic E-state index is 0.0193. The Morgan fingerprint density at radius 3 is 2.25 bits per heavy atom. The van der Waals surface area contributed by atoms with Crippen molar-refractivity contribution < 1.29 is 63.0 Å². The summed E-state index contributed by atoms with van der Waals surface area (Å²) in [7, 11) is 4.52. The number of cyclic esters (lactones) is 1. The standard InChI is InChI=1S/C51H79NO13/c1-30-16-12-11-13-17-31(2)42(61-8)28-38-21-19-36(7)51(60,65-38)48(57)49(58)52-23-15-14-18-39(52)50(59)64-43(33(4)26-37-20-22-40(53)44(27-37)62-9)29-41(54)32(3)25-35(6)46(56)47(63-10)45(55)34(5)24-30/h11-13,16-17,25,30,32-34,36-40,42-44,46-47,53,56,60H,14-15,18-24,26-29H2,1-10H3/b13-11+,16-12+,31-17-,35-25+/t30-,32-,33-,34-,36+,37+,38-,39-,40+,42-,43+,44-,46+,47-,51-/m1/s1. The number of Topliss-reactive ketones (excluding diaryl/α,β-unsaturated/α-hetero) is 3. The highest BCUT2D eigenvalue weighted by Crippen LogP contribution is 2.38. The highest BCUT2D eigenvalue weighted by Gasteiger charge is 2.53. The number of aliphatic hydroxyl groups excluding tert-OH is 2. The Labute approximate surface area is 387 Å². The van der Waals surface area contributed by atoms with Crippen LogP contribution in [0.4, 0.5) is 0 Å². The fourth-order valence-electron chi connectivity index (χ4n) is 10.1. The number of piperidine rings is 1. The molecule has 0 aromatic heterocycles. The molecule has 366 valence electrons. The smallest absolute Gasteiger partial charge is 0.329 e. The van der Waals surface area contributed by atoms with Gasteiger partial charge in [0.1, 0.15) is 30.1 Å². The zero-order valence-electron chi connectivity index (χ0n) is 40.6. The average molecular weight is 914 g/mol. The molecule has 2 bridgehead atoms. The number of rotatable bonds is 6. The second-order valence-corrected chi connectivity index (χ2v) is 19.6. The van der Waals surface area contributed by atoms with Gasteiger partial charge in [0.2, 0.25) is 5.79 Å². The fraction of sp³-hybridized carbons (Fsp3) is 0.745. The number of ether oxygens (including phenoxy) is 5. The van der Waals surface area contributed by atoms with E-state index in [1.54, 1.807) is 41.1 Å². The lowest BCUT2D eigenvalue weighted by Crippen LogP contribution is -2.61. The molecule has 1 aliphatic carbocycles. The second-order valence-electron chi connectivity index (χ2n) is 19.6. The predicted molar refractivity (Wildman–Crippen MR) is 245 cm³/mol. The largest absolute Gasteiger partial charge is 0.460 e. The number of aliphatic hydroxyl groups is 3. The molecule has 0 spiro atoms. The molecule has 3 N–H and O–H groups in total. The van der Waals surface area contributed by atoms with E-state index in [1.165, 1.54) is 12.0 Å².